The van der Waals surface area contributed by atoms with Crippen LogP contribution in [0.25, 0.3) is 0 Å². The van der Waals surface area contributed by atoms with Gasteiger partial charge in [0, 0.05) is 13.1 Å². The molecule has 1 amide bonds. The fourth-order valence-corrected chi connectivity index (χ4v) is 2.68. The predicted octanol–water partition coefficient (Wildman–Crippen LogP) is 2.01. The second kappa shape index (κ2) is 6.26. The first-order chi connectivity index (χ1) is 9.49. The van der Waals surface area contributed by atoms with E-state index in [9.17, 15) is 9.59 Å². The first-order valence-corrected chi connectivity index (χ1v) is 7.16. The first kappa shape index (κ1) is 14.8. The Bertz CT molecular complexity index is 520. The zero-order chi connectivity index (χ0) is 14.7. The molecule has 6 heteroatoms. The number of aliphatic carboxylic acids is 1. The van der Waals surface area contributed by atoms with Gasteiger partial charge in [0.1, 0.15) is 5.75 Å². The fraction of sp³-hybridized carbons (Fsp3) is 0.429. The number of hydrogen-bond acceptors (Lipinski definition) is 3. The molecule has 2 atom stereocenters. The number of ether oxygens (including phenoxy) is 1. The fourth-order valence-electron chi connectivity index (χ4n) is 2.28. The van der Waals surface area contributed by atoms with Crippen molar-refractivity contribution >= 4 is 27.8 Å². The van der Waals surface area contributed by atoms with Gasteiger partial charge in [-0.15, -0.1) is 0 Å². The van der Waals surface area contributed by atoms with E-state index in [0.717, 1.165) is 4.47 Å². The third-order valence-electron chi connectivity index (χ3n) is 3.47. The van der Waals surface area contributed by atoms with E-state index < -0.39 is 11.9 Å². The topological polar surface area (TPSA) is 66.8 Å². The Labute approximate surface area is 125 Å². The van der Waals surface area contributed by atoms with E-state index in [0.29, 0.717) is 12.3 Å². The molecule has 2 rings (SSSR count). The van der Waals surface area contributed by atoms with Gasteiger partial charge in [0.15, 0.2) is 6.61 Å². The molecule has 0 aliphatic carbocycles. The van der Waals surface area contributed by atoms with Crippen LogP contribution in [0.15, 0.2) is 28.7 Å². The number of carboxylic acids is 1. The number of carbonyl (C=O) groups is 2. The SMILES string of the molecule is C[C@@H]1CN(C(=O)COc2ccccc2Br)C[C@H]1C(=O)O. The first-order valence-electron chi connectivity index (χ1n) is 6.37. The van der Waals surface area contributed by atoms with E-state index in [4.69, 9.17) is 9.84 Å². The van der Waals surface area contributed by atoms with Crippen LogP contribution in [-0.4, -0.2) is 41.6 Å². The van der Waals surface area contributed by atoms with Crippen molar-refractivity contribution in [1.29, 1.82) is 0 Å². The summed E-state index contributed by atoms with van der Waals surface area (Å²) in [7, 11) is 0. The summed E-state index contributed by atoms with van der Waals surface area (Å²) in [5.74, 6) is -0.943. The quantitative estimate of drug-likeness (QED) is 0.909. The second-order valence-electron chi connectivity index (χ2n) is 4.94. The number of carboxylic acid groups (broad SMARTS) is 1. The van der Waals surface area contributed by atoms with Crippen LogP contribution in [-0.2, 0) is 9.59 Å². The molecule has 1 N–H and O–H groups in total. The molecule has 1 aromatic carbocycles. The molecule has 0 saturated carbocycles. The Morgan fingerprint density at radius 1 is 1.40 bits per heavy atom. The van der Waals surface area contributed by atoms with Gasteiger partial charge < -0.3 is 14.7 Å². The minimum absolute atomic E-state index is 0.0279. The van der Waals surface area contributed by atoms with Crippen molar-refractivity contribution in [3.8, 4) is 5.75 Å². The van der Waals surface area contributed by atoms with Gasteiger partial charge in [-0.3, -0.25) is 9.59 Å². The van der Waals surface area contributed by atoms with Gasteiger partial charge in [0.2, 0.25) is 0 Å². The van der Waals surface area contributed by atoms with E-state index >= 15 is 0 Å². The average Bonchev–Trinajstić information content (AvgIpc) is 2.80. The highest BCUT2D eigenvalue weighted by Gasteiger charge is 2.36. The van der Waals surface area contributed by atoms with E-state index in [1.807, 2.05) is 25.1 Å². The Balaban J connectivity index is 1.90. The number of carbonyl (C=O) groups excluding carboxylic acids is 1. The molecule has 0 radical (unpaired) electrons. The lowest BCUT2D eigenvalue weighted by molar-refractivity contribution is -0.142. The van der Waals surface area contributed by atoms with E-state index in [1.54, 1.807) is 11.0 Å². The molecule has 1 aliphatic heterocycles. The Hall–Kier alpha value is -1.56. The average molecular weight is 342 g/mol. The van der Waals surface area contributed by atoms with E-state index in [-0.39, 0.29) is 25.0 Å². The second-order valence-corrected chi connectivity index (χ2v) is 5.79. The summed E-state index contributed by atoms with van der Waals surface area (Å²) in [6.45, 7) is 2.49. The lowest BCUT2D eigenvalue weighted by atomic mass is 9.99. The number of likely N-dealkylation sites (tertiary alicyclic amines) is 1. The lowest BCUT2D eigenvalue weighted by Gasteiger charge is -2.16. The van der Waals surface area contributed by atoms with Gasteiger partial charge in [0.25, 0.3) is 5.91 Å². The largest absolute Gasteiger partial charge is 0.483 e. The van der Waals surface area contributed by atoms with Crippen LogP contribution in [0.3, 0.4) is 0 Å². The summed E-state index contributed by atoms with van der Waals surface area (Å²) in [6, 6.07) is 7.28. The van der Waals surface area contributed by atoms with Crippen LogP contribution < -0.4 is 4.74 Å². The van der Waals surface area contributed by atoms with Crippen LogP contribution in [0, 0.1) is 11.8 Å². The van der Waals surface area contributed by atoms with Crippen LogP contribution in [0.5, 0.6) is 5.75 Å². The number of nitrogens with zero attached hydrogens (tertiary/aromatic N) is 1. The molecule has 1 aromatic rings. The van der Waals surface area contributed by atoms with E-state index in [2.05, 4.69) is 15.9 Å². The summed E-state index contributed by atoms with van der Waals surface area (Å²) in [5.41, 5.74) is 0. The Morgan fingerprint density at radius 3 is 2.70 bits per heavy atom. The maximum Gasteiger partial charge on any atom is 0.308 e. The molecule has 1 aliphatic rings. The number of rotatable bonds is 4. The molecule has 108 valence electrons. The lowest BCUT2D eigenvalue weighted by Crippen LogP contribution is -2.33. The van der Waals surface area contributed by atoms with Crippen molar-refractivity contribution in [1.82, 2.24) is 4.90 Å². The zero-order valence-corrected chi connectivity index (χ0v) is 12.7. The third kappa shape index (κ3) is 3.30. The predicted molar refractivity (Wildman–Crippen MR) is 76.5 cm³/mol. The number of hydrogen-bond donors (Lipinski definition) is 1. The van der Waals surface area contributed by atoms with Crippen molar-refractivity contribution in [2.75, 3.05) is 19.7 Å². The highest BCUT2D eigenvalue weighted by atomic mass is 79.9. The van der Waals surface area contributed by atoms with Gasteiger partial charge >= 0.3 is 5.97 Å². The molecule has 0 spiro atoms. The van der Waals surface area contributed by atoms with Crippen molar-refractivity contribution in [2.24, 2.45) is 11.8 Å². The Morgan fingerprint density at radius 2 is 2.10 bits per heavy atom. The van der Waals surface area contributed by atoms with Gasteiger partial charge in [-0.25, -0.2) is 0 Å². The third-order valence-corrected chi connectivity index (χ3v) is 4.13. The van der Waals surface area contributed by atoms with E-state index in [1.165, 1.54) is 0 Å². The molecule has 0 unspecified atom stereocenters. The van der Waals surface area contributed by atoms with Crippen molar-refractivity contribution in [3.05, 3.63) is 28.7 Å². The summed E-state index contributed by atoms with van der Waals surface area (Å²) in [4.78, 5) is 24.6. The maximum absolute atomic E-state index is 12.0. The molecule has 1 heterocycles. The van der Waals surface area contributed by atoms with Gasteiger partial charge in [-0.05, 0) is 34.0 Å². The molecular weight excluding hydrogens is 326 g/mol. The highest BCUT2D eigenvalue weighted by Crippen LogP contribution is 2.25. The van der Waals surface area contributed by atoms with Crippen molar-refractivity contribution in [3.63, 3.8) is 0 Å². The van der Waals surface area contributed by atoms with Crippen LogP contribution >= 0.6 is 15.9 Å². The standard InChI is InChI=1S/C14H16BrNO4/c1-9-6-16(7-10(9)14(18)19)13(17)8-20-12-5-3-2-4-11(12)15/h2-5,9-10H,6-8H2,1H3,(H,18,19)/t9-,10-/m1/s1. The maximum atomic E-state index is 12.0. The molecule has 20 heavy (non-hydrogen) atoms. The van der Waals surface area contributed by atoms with Gasteiger partial charge in [-0.2, -0.15) is 0 Å². The monoisotopic (exact) mass is 341 g/mol. The number of benzene rings is 1. The minimum Gasteiger partial charge on any atom is -0.483 e. The molecule has 5 nitrogen and oxygen atoms in total. The van der Waals surface area contributed by atoms with Gasteiger partial charge in [-0.1, -0.05) is 19.1 Å². The number of para-hydroxylation sites is 1. The number of halogens is 1. The molecule has 0 aromatic heterocycles. The highest BCUT2D eigenvalue weighted by molar-refractivity contribution is 9.10. The summed E-state index contributed by atoms with van der Waals surface area (Å²) in [6.07, 6.45) is 0. The van der Waals surface area contributed by atoms with Crippen LogP contribution in [0.1, 0.15) is 6.92 Å². The Kier molecular flexibility index (Phi) is 4.65. The molecule has 1 saturated heterocycles. The van der Waals surface area contributed by atoms with Crippen molar-refractivity contribution in [2.45, 2.75) is 6.92 Å². The molecule has 1 fully saturated rings. The van der Waals surface area contributed by atoms with Gasteiger partial charge in [0.05, 0.1) is 10.4 Å². The number of amides is 1. The zero-order valence-electron chi connectivity index (χ0n) is 11.1. The normalized spacial score (nSPS) is 21.8. The summed E-state index contributed by atoms with van der Waals surface area (Å²) >= 11 is 3.34. The molecular formula is C14H16BrNO4. The smallest absolute Gasteiger partial charge is 0.308 e. The summed E-state index contributed by atoms with van der Waals surface area (Å²) in [5, 5.41) is 9.05. The van der Waals surface area contributed by atoms with Crippen molar-refractivity contribution < 1.29 is 19.4 Å². The van der Waals surface area contributed by atoms with Crippen LogP contribution in [0.4, 0.5) is 0 Å². The minimum atomic E-state index is -0.848. The summed E-state index contributed by atoms with van der Waals surface area (Å²) < 4.78 is 6.24. The van der Waals surface area contributed by atoms with Crippen LogP contribution in [0.2, 0.25) is 0 Å². The molecule has 0 bridgehead atoms.